The molecule has 98 valence electrons. The molecule has 0 aliphatic rings. The minimum Gasteiger partial charge on any atom is -0.507 e. The number of hydrogen-bond acceptors (Lipinski definition) is 3. The molecule has 0 bridgehead atoms. The first-order valence-electron chi connectivity index (χ1n) is 6.09. The number of phenolic OH excluding ortho intramolecular Hbond substituents is 1. The maximum absolute atomic E-state index is 12.4. The number of amides is 1. The average molecular weight is 256 g/mol. The Hall–Kier alpha value is -2.49. The summed E-state index contributed by atoms with van der Waals surface area (Å²) in [5, 5.41) is 9.75. The highest BCUT2D eigenvalue weighted by molar-refractivity contribution is 6.07. The zero-order valence-corrected chi connectivity index (χ0v) is 10.7. The molecule has 2 aromatic carbocycles. The van der Waals surface area contributed by atoms with E-state index in [4.69, 9.17) is 5.73 Å². The first-order chi connectivity index (χ1) is 9.13. The van der Waals surface area contributed by atoms with Crippen molar-refractivity contribution in [3.05, 3.63) is 54.1 Å². The predicted octanol–water partition coefficient (Wildman–Crippen LogP) is 2.64. The van der Waals surface area contributed by atoms with Crippen molar-refractivity contribution in [3.8, 4) is 5.75 Å². The van der Waals surface area contributed by atoms with E-state index in [-0.39, 0.29) is 17.2 Å². The lowest BCUT2D eigenvalue weighted by atomic mass is 10.1. The number of nitrogens with two attached hydrogens (primary N) is 1. The van der Waals surface area contributed by atoms with Gasteiger partial charge in [-0.2, -0.15) is 0 Å². The van der Waals surface area contributed by atoms with E-state index >= 15 is 0 Å². The summed E-state index contributed by atoms with van der Waals surface area (Å²) in [5.74, 6) is -0.263. The molecule has 0 radical (unpaired) electrons. The number of nitrogens with zero attached hydrogens (tertiary/aromatic N) is 1. The second kappa shape index (κ2) is 5.44. The van der Waals surface area contributed by atoms with Crippen LogP contribution in [0.25, 0.3) is 0 Å². The summed E-state index contributed by atoms with van der Waals surface area (Å²) >= 11 is 0. The number of benzene rings is 2. The molecule has 0 aromatic heterocycles. The van der Waals surface area contributed by atoms with E-state index in [9.17, 15) is 9.90 Å². The molecular weight excluding hydrogens is 240 g/mol. The van der Waals surface area contributed by atoms with E-state index in [2.05, 4.69) is 0 Å². The summed E-state index contributed by atoms with van der Waals surface area (Å²) in [4.78, 5) is 14.0. The number of anilines is 2. The van der Waals surface area contributed by atoms with Gasteiger partial charge in [0.15, 0.2) is 0 Å². The van der Waals surface area contributed by atoms with Gasteiger partial charge in [-0.15, -0.1) is 0 Å². The Kier molecular flexibility index (Phi) is 3.71. The Balaban J connectivity index is 2.38. The maximum atomic E-state index is 12.4. The standard InChI is InChI=1S/C15H16N2O2/c1-2-17(12-7-5-6-11(16)10-12)15(19)13-8-3-4-9-14(13)18/h3-10,18H,2,16H2,1H3. The van der Waals surface area contributed by atoms with Gasteiger partial charge >= 0.3 is 0 Å². The molecule has 4 heteroatoms. The Labute approximate surface area is 112 Å². The van der Waals surface area contributed by atoms with Crippen molar-refractivity contribution in [2.45, 2.75) is 6.92 Å². The van der Waals surface area contributed by atoms with Crippen LogP contribution < -0.4 is 10.6 Å². The summed E-state index contributed by atoms with van der Waals surface area (Å²) in [5.41, 5.74) is 7.33. The number of aromatic hydroxyl groups is 1. The topological polar surface area (TPSA) is 66.6 Å². The summed E-state index contributed by atoms with van der Waals surface area (Å²) in [7, 11) is 0. The number of phenols is 1. The number of carbonyl (C=O) groups excluding carboxylic acids is 1. The number of rotatable bonds is 3. The van der Waals surface area contributed by atoms with Crippen LogP contribution in [0.2, 0.25) is 0 Å². The van der Waals surface area contributed by atoms with Gasteiger partial charge in [-0.25, -0.2) is 0 Å². The molecule has 0 atom stereocenters. The Morgan fingerprint density at radius 1 is 1.21 bits per heavy atom. The van der Waals surface area contributed by atoms with Crippen LogP contribution in [-0.2, 0) is 0 Å². The van der Waals surface area contributed by atoms with Crippen LogP contribution in [0.3, 0.4) is 0 Å². The molecule has 0 heterocycles. The summed E-state index contributed by atoms with van der Waals surface area (Å²) in [6, 6.07) is 13.6. The van der Waals surface area contributed by atoms with Crippen LogP contribution in [0.5, 0.6) is 5.75 Å². The average Bonchev–Trinajstić information content (AvgIpc) is 2.40. The Morgan fingerprint density at radius 2 is 1.95 bits per heavy atom. The van der Waals surface area contributed by atoms with Gasteiger partial charge in [-0.3, -0.25) is 4.79 Å². The third kappa shape index (κ3) is 2.68. The molecule has 0 unspecified atom stereocenters. The van der Waals surface area contributed by atoms with Crippen LogP contribution in [-0.4, -0.2) is 17.6 Å². The summed E-state index contributed by atoms with van der Waals surface area (Å²) < 4.78 is 0. The SMILES string of the molecule is CCN(C(=O)c1ccccc1O)c1cccc(N)c1. The molecule has 2 aromatic rings. The molecule has 0 aliphatic carbocycles. The molecular formula is C15H16N2O2. The van der Waals surface area contributed by atoms with Gasteiger partial charge in [0.05, 0.1) is 5.56 Å². The van der Waals surface area contributed by atoms with Gasteiger partial charge < -0.3 is 15.7 Å². The van der Waals surface area contributed by atoms with E-state index in [1.165, 1.54) is 6.07 Å². The highest BCUT2D eigenvalue weighted by Crippen LogP contribution is 2.23. The van der Waals surface area contributed by atoms with Gasteiger partial charge in [0.25, 0.3) is 5.91 Å². The van der Waals surface area contributed by atoms with Crippen molar-refractivity contribution in [3.63, 3.8) is 0 Å². The fourth-order valence-electron chi connectivity index (χ4n) is 1.94. The minimum absolute atomic E-state index is 0.0187. The molecule has 3 N–H and O–H groups in total. The molecule has 1 amide bonds. The minimum atomic E-state index is -0.244. The molecule has 0 fully saturated rings. The maximum Gasteiger partial charge on any atom is 0.262 e. The smallest absolute Gasteiger partial charge is 0.262 e. The quantitative estimate of drug-likeness (QED) is 0.830. The third-order valence-corrected chi connectivity index (χ3v) is 2.88. The first kappa shape index (κ1) is 13.0. The fourth-order valence-corrected chi connectivity index (χ4v) is 1.94. The molecule has 0 spiro atoms. The van der Waals surface area contributed by atoms with Crippen molar-refractivity contribution < 1.29 is 9.90 Å². The fraction of sp³-hybridized carbons (Fsp3) is 0.133. The molecule has 19 heavy (non-hydrogen) atoms. The normalized spacial score (nSPS) is 10.2. The highest BCUT2D eigenvalue weighted by atomic mass is 16.3. The zero-order chi connectivity index (χ0) is 13.8. The largest absolute Gasteiger partial charge is 0.507 e. The van der Waals surface area contributed by atoms with E-state index in [0.717, 1.165) is 5.69 Å². The van der Waals surface area contributed by atoms with Gasteiger partial charge in [0.1, 0.15) is 5.75 Å². The van der Waals surface area contributed by atoms with Crippen LogP contribution >= 0.6 is 0 Å². The lowest BCUT2D eigenvalue weighted by Crippen LogP contribution is -2.30. The number of hydrogen-bond donors (Lipinski definition) is 2. The Bertz CT molecular complexity index is 596. The van der Waals surface area contributed by atoms with E-state index < -0.39 is 0 Å². The lowest BCUT2D eigenvalue weighted by Gasteiger charge is -2.21. The molecule has 0 aliphatic heterocycles. The first-order valence-corrected chi connectivity index (χ1v) is 6.09. The molecule has 4 nitrogen and oxygen atoms in total. The van der Waals surface area contributed by atoms with Gasteiger partial charge in [-0.1, -0.05) is 18.2 Å². The summed E-state index contributed by atoms with van der Waals surface area (Å²) in [6.07, 6.45) is 0. The van der Waals surface area contributed by atoms with Crippen LogP contribution in [0, 0.1) is 0 Å². The number of para-hydroxylation sites is 1. The van der Waals surface area contributed by atoms with Crippen molar-refractivity contribution in [1.29, 1.82) is 0 Å². The molecule has 0 saturated carbocycles. The van der Waals surface area contributed by atoms with Crippen molar-refractivity contribution in [2.24, 2.45) is 0 Å². The van der Waals surface area contributed by atoms with Crippen LogP contribution in [0.1, 0.15) is 17.3 Å². The third-order valence-electron chi connectivity index (χ3n) is 2.88. The molecule has 0 saturated heterocycles. The van der Waals surface area contributed by atoms with Crippen molar-refractivity contribution in [1.82, 2.24) is 0 Å². The number of carbonyl (C=O) groups is 1. The van der Waals surface area contributed by atoms with E-state index in [1.54, 1.807) is 41.3 Å². The second-order valence-electron chi connectivity index (χ2n) is 4.16. The highest BCUT2D eigenvalue weighted by Gasteiger charge is 2.18. The second-order valence-corrected chi connectivity index (χ2v) is 4.16. The van der Waals surface area contributed by atoms with E-state index in [0.29, 0.717) is 12.2 Å². The van der Waals surface area contributed by atoms with Crippen LogP contribution in [0.4, 0.5) is 11.4 Å². The Morgan fingerprint density at radius 3 is 2.58 bits per heavy atom. The lowest BCUT2D eigenvalue weighted by molar-refractivity contribution is 0.0986. The van der Waals surface area contributed by atoms with Gasteiger partial charge in [0, 0.05) is 17.9 Å². The predicted molar refractivity (Wildman–Crippen MR) is 76.3 cm³/mol. The van der Waals surface area contributed by atoms with E-state index in [1.807, 2.05) is 13.0 Å². The monoisotopic (exact) mass is 256 g/mol. The van der Waals surface area contributed by atoms with Gasteiger partial charge in [0.2, 0.25) is 0 Å². The van der Waals surface area contributed by atoms with Crippen LogP contribution in [0.15, 0.2) is 48.5 Å². The van der Waals surface area contributed by atoms with Gasteiger partial charge in [-0.05, 0) is 37.3 Å². The molecule has 2 rings (SSSR count). The zero-order valence-electron chi connectivity index (χ0n) is 10.7. The number of nitrogen functional groups attached to an aromatic ring is 1. The van der Waals surface area contributed by atoms with Crippen molar-refractivity contribution >= 4 is 17.3 Å². The van der Waals surface area contributed by atoms with Crippen molar-refractivity contribution in [2.75, 3.05) is 17.2 Å². The summed E-state index contributed by atoms with van der Waals surface area (Å²) in [6.45, 7) is 2.37.